The summed E-state index contributed by atoms with van der Waals surface area (Å²) in [5.74, 6) is 0.634. The molecule has 1 aliphatic heterocycles. The number of hydrogen-bond acceptors (Lipinski definition) is 6. The SMILES string of the molecule is CN1CCN(c2ccc(Nc3ccnc(Nc4ccccc4F)n3)cc2)CC1. The minimum atomic E-state index is -0.344. The lowest BCUT2D eigenvalue weighted by molar-refractivity contribution is 0.313. The van der Waals surface area contributed by atoms with Crippen molar-refractivity contribution in [2.24, 2.45) is 0 Å². The van der Waals surface area contributed by atoms with Crippen molar-refractivity contribution in [3.05, 3.63) is 66.6 Å². The Morgan fingerprint density at radius 1 is 0.893 bits per heavy atom. The average molecular weight is 378 g/mol. The van der Waals surface area contributed by atoms with Gasteiger partial charge in [0.1, 0.15) is 11.6 Å². The molecule has 2 heterocycles. The highest BCUT2D eigenvalue weighted by Crippen LogP contribution is 2.22. The van der Waals surface area contributed by atoms with Crippen LogP contribution in [0.1, 0.15) is 0 Å². The van der Waals surface area contributed by atoms with Crippen molar-refractivity contribution < 1.29 is 4.39 Å². The van der Waals surface area contributed by atoms with Gasteiger partial charge in [-0.15, -0.1) is 0 Å². The molecular weight excluding hydrogens is 355 g/mol. The van der Waals surface area contributed by atoms with E-state index in [0.717, 1.165) is 31.9 Å². The maximum absolute atomic E-state index is 13.8. The normalized spacial score (nSPS) is 14.7. The first-order chi connectivity index (χ1) is 13.7. The Morgan fingerprint density at radius 3 is 2.39 bits per heavy atom. The van der Waals surface area contributed by atoms with E-state index in [1.54, 1.807) is 30.5 Å². The second-order valence-electron chi connectivity index (χ2n) is 6.83. The summed E-state index contributed by atoms with van der Waals surface area (Å²) in [6.07, 6.45) is 1.64. The summed E-state index contributed by atoms with van der Waals surface area (Å²) in [6.45, 7) is 4.25. The predicted octanol–water partition coefficient (Wildman–Crippen LogP) is 3.85. The topological polar surface area (TPSA) is 56.3 Å². The lowest BCUT2D eigenvalue weighted by Crippen LogP contribution is -2.44. The molecule has 1 fully saturated rings. The van der Waals surface area contributed by atoms with E-state index in [1.807, 2.05) is 12.1 Å². The Balaban J connectivity index is 1.42. The van der Waals surface area contributed by atoms with Gasteiger partial charge in [0.25, 0.3) is 0 Å². The Hall–Kier alpha value is -3.19. The number of nitrogens with one attached hydrogen (secondary N) is 2. The third-order valence-electron chi connectivity index (χ3n) is 4.78. The first-order valence-corrected chi connectivity index (χ1v) is 9.32. The number of benzene rings is 2. The monoisotopic (exact) mass is 378 g/mol. The highest BCUT2D eigenvalue weighted by atomic mass is 19.1. The number of rotatable bonds is 5. The minimum absolute atomic E-state index is 0.337. The fraction of sp³-hybridized carbons (Fsp3) is 0.238. The molecule has 7 heteroatoms. The molecule has 1 saturated heterocycles. The van der Waals surface area contributed by atoms with Crippen molar-refractivity contribution in [2.45, 2.75) is 0 Å². The lowest BCUT2D eigenvalue weighted by atomic mass is 10.2. The summed E-state index contributed by atoms with van der Waals surface area (Å²) in [4.78, 5) is 13.3. The van der Waals surface area contributed by atoms with Crippen LogP contribution in [0.2, 0.25) is 0 Å². The highest BCUT2D eigenvalue weighted by Gasteiger charge is 2.14. The number of aromatic nitrogens is 2. The van der Waals surface area contributed by atoms with Crippen LogP contribution in [0.15, 0.2) is 60.8 Å². The molecule has 2 N–H and O–H groups in total. The zero-order valence-electron chi connectivity index (χ0n) is 15.8. The van der Waals surface area contributed by atoms with Gasteiger partial charge in [0.2, 0.25) is 5.95 Å². The molecule has 2 aromatic carbocycles. The lowest BCUT2D eigenvalue weighted by Gasteiger charge is -2.34. The van der Waals surface area contributed by atoms with Gasteiger partial charge in [0.15, 0.2) is 0 Å². The summed E-state index contributed by atoms with van der Waals surface area (Å²) in [7, 11) is 2.15. The van der Waals surface area contributed by atoms with Gasteiger partial charge in [-0.25, -0.2) is 9.37 Å². The fourth-order valence-electron chi connectivity index (χ4n) is 3.14. The second kappa shape index (κ2) is 8.22. The van der Waals surface area contributed by atoms with E-state index in [9.17, 15) is 4.39 Å². The van der Waals surface area contributed by atoms with Gasteiger partial charge in [-0.05, 0) is 49.5 Å². The number of piperazine rings is 1. The number of anilines is 5. The molecule has 144 valence electrons. The third-order valence-corrected chi connectivity index (χ3v) is 4.78. The second-order valence-corrected chi connectivity index (χ2v) is 6.83. The Bertz CT molecular complexity index is 922. The van der Waals surface area contributed by atoms with E-state index >= 15 is 0 Å². The molecular formula is C21H23FN6. The van der Waals surface area contributed by atoms with Crippen LogP contribution in [-0.2, 0) is 0 Å². The van der Waals surface area contributed by atoms with E-state index in [-0.39, 0.29) is 5.82 Å². The van der Waals surface area contributed by atoms with E-state index in [0.29, 0.717) is 17.5 Å². The number of nitrogens with zero attached hydrogens (tertiary/aromatic N) is 4. The van der Waals surface area contributed by atoms with Gasteiger partial charge in [-0.3, -0.25) is 0 Å². The zero-order valence-corrected chi connectivity index (χ0v) is 15.8. The highest BCUT2D eigenvalue weighted by molar-refractivity contribution is 5.62. The van der Waals surface area contributed by atoms with Crippen LogP contribution < -0.4 is 15.5 Å². The first kappa shape index (κ1) is 18.2. The molecule has 0 amide bonds. The summed E-state index contributed by atoms with van der Waals surface area (Å²) >= 11 is 0. The summed E-state index contributed by atoms with van der Waals surface area (Å²) in [5.41, 5.74) is 2.51. The average Bonchev–Trinajstić information content (AvgIpc) is 2.71. The van der Waals surface area contributed by atoms with Crippen molar-refractivity contribution in [3.8, 4) is 0 Å². The van der Waals surface area contributed by atoms with Crippen LogP contribution in [0.25, 0.3) is 0 Å². The summed E-state index contributed by atoms with van der Waals surface area (Å²) in [6, 6.07) is 16.5. The molecule has 0 radical (unpaired) electrons. The molecule has 1 aromatic heterocycles. The van der Waals surface area contributed by atoms with E-state index in [2.05, 4.69) is 49.6 Å². The van der Waals surface area contributed by atoms with Crippen molar-refractivity contribution in [3.63, 3.8) is 0 Å². The number of halogens is 1. The Kier molecular flexibility index (Phi) is 5.34. The maximum atomic E-state index is 13.8. The molecule has 28 heavy (non-hydrogen) atoms. The molecule has 0 bridgehead atoms. The molecule has 0 atom stereocenters. The quantitative estimate of drug-likeness (QED) is 0.703. The van der Waals surface area contributed by atoms with E-state index in [1.165, 1.54) is 11.8 Å². The van der Waals surface area contributed by atoms with Gasteiger partial charge in [0, 0.05) is 43.8 Å². The largest absolute Gasteiger partial charge is 0.369 e. The van der Waals surface area contributed by atoms with Crippen LogP contribution in [0.5, 0.6) is 0 Å². The van der Waals surface area contributed by atoms with Crippen molar-refractivity contribution in [1.29, 1.82) is 0 Å². The molecule has 1 aliphatic rings. The van der Waals surface area contributed by atoms with Crippen LogP contribution in [-0.4, -0.2) is 48.1 Å². The van der Waals surface area contributed by atoms with E-state index < -0.39 is 0 Å². The van der Waals surface area contributed by atoms with Gasteiger partial charge in [-0.2, -0.15) is 4.98 Å². The molecule has 0 spiro atoms. The van der Waals surface area contributed by atoms with Crippen LogP contribution in [0, 0.1) is 5.82 Å². The molecule has 6 nitrogen and oxygen atoms in total. The van der Waals surface area contributed by atoms with Gasteiger partial charge in [-0.1, -0.05) is 12.1 Å². The Morgan fingerprint density at radius 2 is 1.64 bits per heavy atom. The molecule has 3 aromatic rings. The molecule has 0 unspecified atom stereocenters. The summed E-state index contributed by atoms with van der Waals surface area (Å²) < 4.78 is 13.8. The van der Waals surface area contributed by atoms with Gasteiger partial charge >= 0.3 is 0 Å². The molecule has 4 rings (SSSR count). The van der Waals surface area contributed by atoms with Crippen LogP contribution >= 0.6 is 0 Å². The van der Waals surface area contributed by atoms with Crippen molar-refractivity contribution >= 4 is 28.8 Å². The van der Waals surface area contributed by atoms with Crippen molar-refractivity contribution in [2.75, 3.05) is 48.8 Å². The first-order valence-electron chi connectivity index (χ1n) is 9.32. The van der Waals surface area contributed by atoms with Crippen LogP contribution in [0.3, 0.4) is 0 Å². The zero-order chi connectivity index (χ0) is 19.3. The van der Waals surface area contributed by atoms with Crippen LogP contribution in [0.4, 0.5) is 33.2 Å². The standard InChI is InChI=1S/C21H23FN6/c1-27-12-14-28(15-13-27)17-8-6-16(7-9-17)24-20-10-11-23-21(26-20)25-19-5-3-2-4-18(19)22/h2-11H,12-15H2,1H3,(H2,23,24,25,26). The number of hydrogen-bond donors (Lipinski definition) is 2. The van der Waals surface area contributed by atoms with E-state index in [4.69, 9.17) is 0 Å². The van der Waals surface area contributed by atoms with Crippen molar-refractivity contribution in [1.82, 2.24) is 14.9 Å². The number of para-hydroxylation sites is 1. The fourth-order valence-corrected chi connectivity index (χ4v) is 3.14. The predicted molar refractivity (Wildman–Crippen MR) is 111 cm³/mol. The maximum Gasteiger partial charge on any atom is 0.229 e. The molecule has 0 saturated carbocycles. The van der Waals surface area contributed by atoms with Gasteiger partial charge in [0.05, 0.1) is 5.69 Å². The smallest absolute Gasteiger partial charge is 0.229 e. The Labute approximate surface area is 164 Å². The molecule has 0 aliphatic carbocycles. The third kappa shape index (κ3) is 4.37. The van der Waals surface area contributed by atoms with Gasteiger partial charge < -0.3 is 20.4 Å². The summed E-state index contributed by atoms with van der Waals surface area (Å²) in [5, 5.41) is 6.18. The minimum Gasteiger partial charge on any atom is -0.369 e. The number of likely N-dealkylation sites (N-methyl/N-ethyl adjacent to an activating group) is 1.